The highest BCUT2D eigenvalue weighted by Crippen LogP contribution is 2.24. The molecule has 0 saturated carbocycles. The molecule has 0 heterocycles. The van der Waals surface area contributed by atoms with Crippen molar-refractivity contribution in [1.82, 2.24) is 4.90 Å². The molecule has 0 bridgehead atoms. The third kappa shape index (κ3) is 4.56. The Kier molecular flexibility index (Phi) is 6.27. The van der Waals surface area contributed by atoms with Gasteiger partial charge in [0.2, 0.25) is 0 Å². The number of hydrogen-bond acceptors (Lipinski definition) is 1. The third-order valence-corrected chi connectivity index (χ3v) is 4.59. The molecule has 5 heteroatoms. The minimum atomic E-state index is -0.00401. The lowest BCUT2D eigenvalue weighted by Gasteiger charge is -2.22. The van der Waals surface area contributed by atoms with Crippen LogP contribution in [0.1, 0.15) is 15.9 Å². The molecule has 2 nitrogen and oxygen atoms in total. The molecular weight excluding hydrogens is 417 g/mol. The Morgan fingerprint density at radius 3 is 2.48 bits per heavy atom. The molecule has 0 unspecified atom stereocenters. The van der Waals surface area contributed by atoms with Crippen molar-refractivity contribution >= 4 is 49.4 Å². The number of rotatable bonds is 5. The summed E-state index contributed by atoms with van der Waals surface area (Å²) in [7, 11) is 0. The number of alkyl halides is 1. The summed E-state index contributed by atoms with van der Waals surface area (Å²) >= 11 is 12.7. The van der Waals surface area contributed by atoms with Gasteiger partial charge in [0.05, 0.1) is 5.02 Å². The van der Waals surface area contributed by atoms with Crippen molar-refractivity contribution in [1.29, 1.82) is 0 Å². The predicted octanol–water partition coefficient (Wildman–Crippen LogP) is 5.14. The van der Waals surface area contributed by atoms with Crippen LogP contribution in [0, 0.1) is 0 Å². The SMILES string of the molecule is O=C(c1ccc(Cl)c(Br)c1)N(CCBr)Cc1ccccc1. The molecule has 2 aromatic carbocycles. The molecule has 110 valence electrons. The van der Waals surface area contributed by atoms with Gasteiger partial charge in [0, 0.05) is 28.5 Å². The zero-order valence-electron chi connectivity index (χ0n) is 11.2. The number of amides is 1. The fourth-order valence-corrected chi connectivity index (χ4v) is 2.89. The quantitative estimate of drug-likeness (QED) is 0.601. The smallest absolute Gasteiger partial charge is 0.254 e. The standard InChI is InChI=1S/C16H14Br2ClNO/c17-8-9-20(11-12-4-2-1-3-5-12)16(21)13-6-7-15(19)14(18)10-13/h1-7,10H,8-9,11H2. The highest BCUT2D eigenvalue weighted by molar-refractivity contribution is 9.10. The van der Waals surface area contributed by atoms with Crippen LogP contribution in [0.25, 0.3) is 0 Å². The van der Waals surface area contributed by atoms with Gasteiger partial charge in [-0.1, -0.05) is 57.9 Å². The molecule has 0 aromatic heterocycles. The highest BCUT2D eigenvalue weighted by atomic mass is 79.9. The van der Waals surface area contributed by atoms with Gasteiger partial charge in [-0.05, 0) is 39.7 Å². The highest BCUT2D eigenvalue weighted by Gasteiger charge is 2.16. The lowest BCUT2D eigenvalue weighted by Crippen LogP contribution is -2.32. The van der Waals surface area contributed by atoms with Gasteiger partial charge in [0.1, 0.15) is 0 Å². The Hall–Kier alpha value is -0.840. The first kappa shape index (κ1) is 16.5. The van der Waals surface area contributed by atoms with Crippen LogP contribution in [-0.4, -0.2) is 22.7 Å². The van der Waals surface area contributed by atoms with E-state index in [0.717, 1.165) is 15.4 Å². The van der Waals surface area contributed by atoms with Gasteiger partial charge in [-0.3, -0.25) is 4.79 Å². The van der Waals surface area contributed by atoms with Crippen molar-refractivity contribution in [2.75, 3.05) is 11.9 Å². The summed E-state index contributed by atoms with van der Waals surface area (Å²) in [4.78, 5) is 14.5. The van der Waals surface area contributed by atoms with Crippen LogP contribution in [0.4, 0.5) is 0 Å². The maximum absolute atomic E-state index is 12.6. The molecule has 0 N–H and O–H groups in total. The van der Waals surface area contributed by atoms with Crippen LogP contribution in [0.5, 0.6) is 0 Å². The third-order valence-electron chi connectivity index (χ3n) is 3.02. The summed E-state index contributed by atoms with van der Waals surface area (Å²) in [5, 5.41) is 1.34. The van der Waals surface area contributed by atoms with Crippen LogP contribution in [0.3, 0.4) is 0 Å². The van der Waals surface area contributed by atoms with Crippen molar-refractivity contribution < 1.29 is 4.79 Å². The fourth-order valence-electron chi connectivity index (χ4n) is 1.97. The number of halogens is 3. The molecule has 0 atom stereocenters. The van der Waals surface area contributed by atoms with Gasteiger partial charge in [0.15, 0.2) is 0 Å². The number of nitrogens with zero attached hydrogens (tertiary/aromatic N) is 1. The van der Waals surface area contributed by atoms with Crippen molar-refractivity contribution in [3.8, 4) is 0 Å². The molecule has 0 aliphatic rings. The Morgan fingerprint density at radius 1 is 1.14 bits per heavy atom. The molecule has 0 radical (unpaired) electrons. The average molecular weight is 432 g/mol. The molecule has 0 fully saturated rings. The van der Waals surface area contributed by atoms with Crippen LogP contribution in [0.15, 0.2) is 53.0 Å². The molecule has 0 aliphatic carbocycles. The summed E-state index contributed by atoms with van der Waals surface area (Å²) in [5.41, 5.74) is 1.74. The first-order valence-electron chi connectivity index (χ1n) is 6.46. The molecule has 0 saturated heterocycles. The summed E-state index contributed by atoms with van der Waals surface area (Å²) < 4.78 is 0.730. The summed E-state index contributed by atoms with van der Waals surface area (Å²) in [6.07, 6.45) is 0. The van der Waals surface area contributed by atoms with Gasteiger partial charge in [0.25, 0.3) is 5.91 Å². The van der Waals surface area contributed by atoms with E-state index in [0.29, 0.717) is 23.7 Å². The summed E-state index contributed by atoms with van der Waals surface area (Å²) in [5.74, 6) is -0.00401. The second-order valence-corrected chi connectivity index (χ2v) is 6.58. The van der Waals surface area contributed by atoms with E-state index in [1.807, 2.05) is 35.2 Å². The van der Waals surface area contributed by atoms with Crippen LogP contribution in [0.2, 0.25) is 5.02 Å². The van der Waals surface area contributed by atoms with E-state index >= 15 is 0 Å². The van der Waals surface area contributed by atoms with E-state index in [2.05, 4.69) is 31.9 Å². The van der Waals surface area contributed by atoms with E-state index in [1.165, 1.54) is 0 Å². The Morgan fingerprint density at radius 2 is 1.86 bits per heavy atom. The van der Waals surface area contributed by atoms with Gasteiger partial charge >= 0.3 is 0 Å². The maximum Gasteiger partial charge on any atom is 0.254 e. The summed E-state index contributed by atoms with van der Waals surface area (Å²) in [6, 6.07) is 15.2. The van der Waals surface area contributed by atoms with E-state index < -0.39 is 0 Å². The molecule has 0 aliphatic heterocycles. The minimum Gasteiger partial charge on any atom is -0.333 e. The minimum absolute atomic E-state index is 0.00401. The van der Waals surface area contributed by atoms with Gasteiger partial charge in [-0.25, -0.2) is 0 Å². The normalized spacial score (nSPS) is 10.4. The molecule has 1 amide bonds. The van der Waals surface area contributed by atoms with Gasteiger partial charge < -0.3 is 4.90 Å². The molecule has 0 spiro atoms. The Labute approximate surface area is 146 Å². The van der Waals surface area contributed by atoms with E-state index in [9.17, 15) is 4.79 Å². The zero-order chi connectivity index (χ0) is 15.2. The van der Waals surface area contributed by atoms with Gasteiger partial charge in [-0.2, -0.15) is 0 Å². The molecule has 2 aromatic rings. The van der Waals surface area contributed by atoms with Crippen molar-refractivity contribution in [2.24, 2.45) is 0 Å². The van der Waals surface area contributed by atoms with Gasteiger partial charge in [-0.15, -0.1) is 0 Å². The number of benzene rings is 2. The predicted molar refractivity (Wildman–Crippen MR) is 94.1 cm³/mol. The van der Waals surface area contributed by atoms with Crippen molar-refractivity contribution in [2.45, 2.75) is 6.54 Å². The Balaban J connectivity index is 2.20. The lowest BCUT2D eigenvalue weighted by molar-refractivity contribution is 0.0754. The Bertz CT molecular complexity index is 619. The van der Waals surface area contributed by atoms with Crippen LogP contribution in [-0.2, 0) is 6.54 Å². The first-order chi connectivity index (χ1) is 10.1. The van der Waals surface area contributed by atoms with E-state index in [-0.39, 0.29) is 5.91 Å². The fraction of sp³-hybridized carbons (Fsp3) is 0.188. The van der Waals surface area contributed by atoms with E-state index in [1.54, 1.807) is 18.2 Å². The number of carbonyl (C=O) groups is 1. The lowest BCUT2D eigenvalue weighted by atomic mass is 10.1. The largest absolute Gasteiger partial charge is 0.333 e. The first-order valence-corrected chi connectivity index (χ1v) is 8.75. The molecule has 21 heavy (non-hydrogen) atoms. The zero-order valence-corrected chi connectivity index (χ0v) is 15.2. The molecule has 2 rings (SSSR count). The topological polar surface area (TPSA) is 20.3 Å². The maximum atomic E-state index is 12.6. The van der Waals surface area contributed by atoms with E-state index in [4.69, 9.17) is 11.6 Å². The average Bonchev–Trinajstić information content (AvgIpc) is 2.50. The number of hydrogen-bond donors (Lipinski definition) is 0. The molecular formula is C16H14Br2ClNO. The van der Waals surface area contributed by atoms with Crippen LogP contribution >= 0.6 is 43.5 Å². The van der Waals surface area contributed by atoms with Crippen molar-refractivity contribution in [3.05, 3.63) is 69.2 Å². The monoisotopic (exact) mass is 429 g/mol. The van der Waals surface area contributed by atoms with Crippen LogP contribution < -0.4 is 0 Å². The van der Waals surface area contributed by atoms with Crippen molar-refractivity contribution in [3.63, 3.8) is 0 Å². The number of carbonyl (C=O) groups excluding carboxylic acids is 1. The summed E-state index contributed by atoms with van der Waals surface area (Å²) in [6.45, 7) is 1.24. The second-order valence-electron chi connectivity index (χ2n) is 4.53. The second kappa shape index (κ2) is 7.97.